The molecule has 154 valence electrons. The Hall–Kier alpha value is -1.42. The summed E-state index contributed by atoms with van der Waals surface area (Å²) in [5.74, 6) is -0.675. The van der Waals surface area contributed by atoms with E-state index in [0.717, 1.165) is 38.5 Å². The number of esters is 2. The number of rotatable bonds is 15. The molecule has 0 aromatic rings. The van der Waals surface area contributed by atoms with Crippen LogP contribution in [0.3, 0.4) is 0 Å². The maximum Gasteiger partial charge on any atom is 0.327 e. The van der Waals surface area contributed by atoms with Crippen molar-refractivity contribution in [2.45, 2.75) is 90.9 Å². The summed E-state index contributed by atoms with van der Waals surface area (Å²) in [4.78, 5) is 23.4. The van der Waals surface area contributed by atoms with Crippen LogP contribution in [0, 0.1) is 11.3 Å². The van der Waals surface area contributed by atoms with Gasteiger partial charge in [0, 0.05) is 0 Å². The maximum atomic E-state index is 12.2. The summed E-state index contributed by atoms with van der Waals surface area (Å²) in [6.45, 7) is 4.05. The highest BCUT2D eigenvalue weighted by Gasteiger charge is 2.58. The fourth-order valence-corrected chi connectivity index (χ4v) is 3.54. The van der Waals surface area contributed by atoms with E-state index in [2.05, 4.69) is 38.2 Å². The molecule has 2 atom stereocenters. The second kappa shape index (κ2) is 13.7. The average Bonchev–Trinajstić information content (AvgIpc) is 3.32. The quantitative estimate of drug-likeness (QED) is 0.178. The van der Waals surface area contributed by atoms with Gasteiger partial charge >= 0.3 is 11.9 Å². The summed E-state index contributed by atoms with van der Waals surface area (Å²) >= 11 is 0. The van der Waals surface area contributed by atoms with Gasteiger partial charge in [-0.1, -0.05) is 70.3 Å². The lowest BCUT2D eigenvalue weighted by atomic mass is 9.95. The fraction of sp³-hybridized carbons (Fsp3) is 0.739. The first-order chi connectivity index (χ1) is 13.1. The van der Waals surface area contributed by atoms with E-state index in [0.29, 0.717) is 5.92 Å². The third-order valence-electron chi connectivity index (χ3n) is 5.56. The topological polar surface area (TPSA) is 69.4 Å². The molecule has 0 bridgehead atoms. The third kappa shape index (κ3) is 9.37. The van der Waals surface area contributed by atoms with Gasteiger partial charge in [0.1, 0.15) is 0 Å². The van der Waals surface area contributed by atoms with Crippen LogP contribution in [0.15, 0.2) is 24.3 Å². The second-order valence-corrected chi connectivity index (χ2v) is 7.85. The molecule has 2 unspecified atom stereocenters. The molecule has 0 radical (unpaired) electrons. The second-order valence-electron chi connectivity index (χ2n) is 7.85. The van der Waals surface area contributed by atoms with Crippen molar-refractivity contribution in [3.8, 4) is 0 Å². The first-order valence-electron chi connectivity index (χ1n) is 10.8. The Morgan fingerprint density at radius 2 is 1.59 bits per heavy atom. The molecule has 1 aliphatic carbocycles. The van der Waals surface area contributed by atoms with Crippen molar-refractivity contribution in [3.63, 3.8) is 0 Å². The molecule has 0 amide bonds. The van der Waals surface area contributed by atoms with Crippen LogP contribution in [0.2, 0.25) is 0 Å². The fourth-order valence-electron chi connectivity index (χ4n) is 3.54. The number of hydrogen-bond acceptors (Lipinski definition) is 4. The highest BCUT2D eigenvalue weighted by Crippen LogP contribution is 2.56. The molecule has 2 N–H and O–H groups in total. The van der Waals surface area contributed by atoms with Crippen LogP contribution in [-0.4, -0.2) is 18.5 Å². The van der Waals surface area contributed by atoms with Crippen LogP contribution in [0.25, 0.3) is 0 Å². The SMILES string of the molecule is CCCCCC=CCC=CCCCCCCC1(C(=O)OC(=O)CN)CC1C. The zero-order chi connectivity index (χ0) is 20.0. The minimum absolute atomic E-state index is 0.238. The van der Waals surface area contributed by atoms with Gasteiger partial charge in [-0.15, -0.1) is 0 Å². The summed E-state index contributed by atoms with van der Waals surface area (Å²) in [7, 11) is 0. The molecule has 1 fully saturated rings. The zero-order valence-electron chi connectivity index (χ0n) is 17.4. The van der Waals surface area contributed by atoms with E-state index in [1.54, 1.807) is 0 Å². The van der Waals surface area contributed by atoms with Gasteiger partial charge in [0.25, 0.3) is 0 Å². The van der Waals surface area contributed by atoms with Crippen molar-refractivity contribution in [2.75, 3.05) is 6.54 Å². The maximum absolute atomic E-state index is 12.2. The van der Waals surface area contributed by atoms with Crippen LogP contribution in [0.1, 0.15) is 90.9 Å². The third-order valence-corrected chi connectivity index (χ3v) is 5.56. The number of carbonyl (C=O) groups is 2. The molecule has 0 saturated heterocycles. The van der Waals surface area contributed by atoms with Gasteiger partial charge in [-0.2, -0.15) is 0 Å². The molecule has 1 aliphatic rings. The largest absolute Gasteiger partial charge is 0.392 e. The van der Waals surface area contributed by atoms with Gasteiger partial charge in [-0.25, -0.2) is 0 Å². The Morgan fingerprint density at radius 3 is 2.15 bits per heavy atom. The Balaban J connectivity index is 2.04. The van der Waals surface area contributed by atoms with E-state index in [1.165, 1.54) is 38.5 Å². The van der Waals surface area contributed by atoms with Gasteiger partial charge < -0.3 is 10.5 Å². The van der Waals surface area contributed by atoms with Crippen molar-refractivity contribution in [3.05, 3.63) is 24.3 Å². The van der Waals surface area contributed by atoms with Crippen molar-refractivity contribution in [1.82, 2.24) is 0 Å². The Morgan fingerprint density at radius 1 is 1.00 bits per heavy atom. The molecular formula is C23H39NO3. The van der Waals surface area contributed by atoms with E-state index in [1.807, 2.05) is 0 Å². The summed E-state index contributed by atoms with van der Waals surface area (Å²) in [5.41, 5.74) is 4.79. The Labute approximate surface area is 165 Å². The molecule has 0 heterocycles. The van der Waals surface area contributed by atoms with Gasteiger partial charge in [0.15, 0.2) is 0 Å². The molecule has 0 aliphatic heterocycles. The van der Waals surface area contributed by atoms with Gasteiger partial charge in [-0.3, -0.25) is 9.59 Å². The molecule has 0 aromatic heterocycles. The molecular weight excluding hydrogens is 338 g/mol. The van der Waals surface area contributed by atoms with E-state index in [4.69, 9.17) is 10.5 Å². The minimum Gasteiger partial charge on any atom is -0.392 e. The summed E-state index contributed by atoms with van der Waals surface area (Å²) in [5, 5.41) is 0. The van der Waals surface area contributed by atoms with Crippen LogP contribution in [0.5, 0.6) is 0 Å². The molecule has 1 saturated carbocycles. The standard InChI is InChI=1S/C23H39NO3/c1-3-4-5-6-7-8-9-10-11-12-13-14-15-16-17-23(18-20(23)2)22(26)27-21(25)19-24/h7-8,10-11,20H,3-6,9,12-19,24H2,1-2H3. The van der Waals surface area contributed by atoms with Crippen LogP contribution >= 0.6 is 0 Å². The van der Waals surface area contributed by atoms with E-state index >= 15 is 0 Å². The van der Waals surface area contributed by atoms with Crippen molar-refractivity contribution in [2.24, 2.45) is 17.1 Å². The molecule has 27 heavy (non-hydrogen) atoms. The average molecular weight is 378 g/mol. The predicted octanol–water partition coefficient (Wildman–Crippen LogP) is 5.46. The smallest absolute Gasteiger partial charge is 0.327 e. The molecule has 0 spiro atoms. The number of ether oxygens (including phenoxy) is 1. The normalized spacial score (nSPS) is 21.8. The highest BCUT2D eigenvalue weighted by molar-refractivity contribution is 5.91. The summed E-state index contributed by atoms with van der Waals surface area (Å²) in [6, 6.07) is 0. The summed E-state index contributed by atoms with van der Waals surface area (Å²) in [6.07, 6.45) is 22.5. The molecule has 4 heteroatoms. The van der Waals surface area contributed by atoms with Crippen molar-refractivity contribution >= 4 is 11.9 Å². The zero-order valence-corrected chi connectivity index (χ0v) is 17.4. The molecule has 1 rings (SSSR count). The lowest BCUT2D eigenvalue weighted by molar-refractivity contribution is -0.163. The van der Waals surface area contributed by atoms with Gasteiger partial charge in [-0.05, 0) is 50.9 Å². The van der Waals surface area contributed by atoms with Gasteiger partial charge in [0.2, 0.25) is 0 Å². The van der Waals surface area contributed by atoms with E-state index in [-0.39, 0.29) is 12.5 Å². The predicted molar refractivity (Wildman–Crippen MR) is 111 cm³/mol. The minimum atomic E-state index is -0.624. The number of allylic oxidation sites excluding steroid dienone is 4. The van der Waals surface area contributed by atoms with E-state index in [9.17, 15) is 9.59 Å². The number of unbranched alkanes of at least 4 members (excludes halogenated alkanes) is 7. The number of carbonyl (C=O) groups excluding carboxylic acids is 2. The van der Waals surface area contributed by atoms with Crippen LogP contribution in [-0.2, 0) is 14.3 Å². The first-order valence-corrected chi connectivity index (χ1v) is 10.8. The number of nitrogens with two attached hydrogens (primary N) is 1. The monoisotopic (exact) mass is 377 g/mol. The molecule has 4 nitrogen and oxygen atoms in total. The molecule has 0 aromatic carbocycles. The van der Waals surface area contributed by atoms with E-state index < -0.39 is 11.4 Å². The van der Waals surface area contributed by atoms with Crippen LogP contribution in [0.4, 0.5) is 0 Å². The Kier molecular flexibility index (Phi) is 12.0. The highest BCUT2D eigenvalue weighted by atomic mass is 16.6. The van der Waals surface area contributed by atoms with Gasteiger partial charge in [0.05, 0.1) is 12.0 Å². The first kappa shape index (κ1) is 23.6. The van der Waals surface area contributed by atoms with Crippen LogP contribution < -0.4 is 5.73 Å². The Bertz CT molecular complexity index is 498. The summed E-state index contributed by atoms with van der Waals surface area (Å²) < 4.78 is 4.85. The van der Waals surface area contributed by atoms with Crippen molar-refractivity contribution in [1.29, 1.82) is 0 Å². The number of hydrogen-bond donors (Lipinski definition) is 1. The lowest BCUT2D eigenvalue weighted by Crippen LogP contribution is -2.27. The van der Waals surface area contributed by atoms with Crippen molar-refractivity contribution < 1.29 is 14.3 Å². The lowest BCUT2D eigenvalue weighted by Gasteiger charge is -2.14.